The molecule has 0 spiro atoms. The van der Waals surface area contributed by atoms with Crippen LogP contribution < -0.4 is 0 Å². The van der Waals surface area contributed by atoms with Gasteiger partial charge in [-0.05, 0) is 0 Å². The number of hydrogen-bond donors (Lipinski definition) is 0. The van der Waals surface area contributed by atoms with E-state index in [4.69, 9.17) is 0 Å². The van der Waals surface area contributed by atoms with E-state index in [2.05, 4.69) is 0 Å². The summed E-state index contributed by atoms with van der Waals surface area (Å²) in [5.74, 6) is -32.8. The Morgan fingerprint density at radius 3 is 1.29 bits per heavy atom. The van der Waals surface area contributed by atoms with Crippen LogP contribution in [-0.4, -0.2) is 34.6 Å². The molecule has 21 heavy (non-hydrogen) atoms. The van der Waals surface area contributed by atoms with Crippen LogP contribution in [0.3, 0.4) is 0 Å². The molecule has 2 rings (SSSR count). The summed E-state index contributed by atoms with van der Waals surface area (Å²) in [6.45, 7) is 0. The Hall–Kier alpha value is -0.750. The predicted octanol–water partition coefficient (Wildman–Crippen LogP) is 4.77. The molecule has 0 aromatic rings. The van der Waals surface area contributed by atoms with Crippen LogP contribution in [0, 0.1) is 0 Å². The van der Waals surface area contributed by atoms with Gasteiger partial charge in [0.2, 0.25) is 0 Å². The lowest BCUT2D eigenvalue weighted by atomic mass is 9.81. The lowest BCUT2D eigenvalue weighted by molar-refractivity contribution is -0.445. The van der Waals surface area contributed by atoms with Crippen LogP contribution in [0.4, 0.5) is 52.7 Å². The van der Waals surface area contributed by atoms with E-state index < -0.39 is 57.1 Å². The summed E-state index contributed by atoms with van der Waals surface area (Å²) in [7, 11) is 0. The van der Waals surface area contributed by atoms with Crippen molar-refractivity contribution in [1.29, 1.82) is 0 Å². The van der Waals surface area contributed by atoms with Gasteiger partial charge in [0, 0.05) is 0 Å². The summed E-state index contributed by atoms with van der Waals surface area (Å²) in [5, 5.41) is -5.68. The molecular formula is C8F12S. The Labute approximate surface area is 111 Å². The molecule has 0 amide bonds. The fraction of sp³-hybridized carbons (Fsp3) is 0.750. The maximum absolute atomic E-state index is 13.4. The van der Waals surface area contributed by atoms with Crippen molar-refractivity contribution in [1.82, 2.24) is 0 Å². The number of hydrogen-bond acceptors (Lipinski definition) is 1. The fourth-order valence-electron chi connectivity index (χ4n) is 1.61. The highest BCUT2D eigenvalue weighted by molar-refractivity contribution is 8.04. The number of alkyl halides is 11. The van der Waals surface area contributed by atoms with Gasteiger partial charge in [0.1, 0.15) is 4.91 Å². The molecule has 0 unspecified atom stereocenters. The van der Waals surface area contributed by atoms with Crippen LogP contribution in [0.1, 0.15) is 0 Å². The van der Waals surface area contributed by atoms with Crippen molar-refractivity contribution in [3.63, 3.8) is 0 Å². The summed E-state index contributed by atoms with van der Waals surface area (Å²) < 4.78 is 152. The Morgan fingerprint density at radius 1 is 0.571 bits per heavy atom. The summed E-state index contributed by atoms with van der Waals surface area (Å²) in [4.78, 5) is -2.77. The molecule has 0 aromatic heterocycles. The van der Waals surface area contributed by atoms with Gasteiger partial charge in [-0.15, -0.1) is 0 Å². The highest BCUT2D eigenvalue weighted by Gasteiger charge is 3.01. The Morgan fingerprint density at radius 2 is 0.952 bits per heavy atom. The standard InChI is InChI=1S/C8F12S/c9-1-2(4(12,13)3(1,10)11)21-8(20)6(16,17)5(14,15)7(8,18)19. The molecule has 1 fully saturated rings. The third-order valence-corrected chi connectivity index (χ3v) is 4.43. The van der Waals surface area contributed by atoms with Crippen LogP contribution in [0.15, 0.2) is 10.7 Å². The molecule has 2 aliphatic rings. The van der Waals surface area contributed by atoms with Gasteiger partial charge in [0.15, 0.2) is 5.83 Å². The molecule has 2 aliphatic carbocycles. The van der Waals surface area contributed by atoms with Crippen molar-refractivity contribution >= 4 is 11.8 Å². The zero-order valence-electron chi connectivity index (χ0n) is 8.94. The van der Waals surface area contributed by atoms with Gasteiger partial charge in [-0.3, -0.25) is 0 Å². The highest BCUT2D eigenvalue weighted by Crippen LogP contribution is 2.76. The van der Waals surface area contributed by atoms with Crippen molar-refractivity contribution in [2.45, 2.75) is 34.6 Å². The maximum Gasteiger partial charge on any atom is 0.381 e. The minimum atomic E-state index is -6.24. The van der Waals surface area contributed by atoms with Crippen LogP contribution >= 0.6 is 11.8 Å². The van der Waals surface area contributed by atoms with E-state index in [1.165, 1.54) is 0 Å². The molecule has 0 aromatic carbocycles. The molecule has 0 N–H and O–H groups in total. The van der Waals surface area contributed by atoms with Crippen LogP contribution in [0.5, 0.6) is 0 Å². The SMILES string of the molecule is FC1=C(SC2(F)C(F)(F)C(F)(F)C2(F)F)C(F)(F)C1(F)F. The fourth-order valence-corrected chi connectivity index (χ4v) is 2.88. The predicted molar refractivity (Wildman–Crippen MR) is 44.3 cm³/mol. The van der Waals surface area contributed by atoms with Gasteiger partial charge < -0.3 is 0 Å². The van der Waals surface area contributed by atoms with E-state index in [1.54, 1.807) is 0 Å². The summed E-state index contributed by atoms with van der Waals surface area (Å²) in [6, 6.07) is 0. The topological polar surface area (TPSA) is 0 Å². The number of halogens is 12. The van der Waals surface area contributed by atoms with Gasteiger partial charge >= 0.3 is 29.6 Å². The Bertz CT molecular complexity index is 513. The van der Waals surface area contributed by atoms with Crippen molar-refractivity contribution in [2.75, 3.05) is 0 Å². The third-order valence-electron chi connectivity index (χ3n) is 2.99. The Kier molecular flexibility index (Phi) is 2.84. The Balaban J connectivity index is 2.45. The number of allylic oxidation sites excluding steroid dienone is 2. The molecule has 0 aliphatic heterocycles. The van der Waals surface area contributed by atoms with Crippen molar-refractivity contribution in [3.8, 4) is 0 Å². The number of thioether (sulfide) groups is 1. The highest BCUT2D eigenvalue weighted by atomic mass is 32.2. The minimum absolute atomic E-state index is 2.06. The molecule has 0 nitrogen and oxygen atoms in total. The summed E-state index contributed by atoms with van der Waals surface area (Å²) in [5.41, 5.74) is 0. The van der Waals surface area contributed by atoms with Crippen molar-refractivity contribution in [2.24, 2.45) is 0 Å². The van der Waals surface area contributed by atoms with E-state index in [0.29, 0.717) is 0 Å². The van der Waals surface area contributed by atoms with E-state index in [9.17, 15) is 52.7 Å². The second-order valence-corrected chi connectivity index (χ2v) is 5.39. The monoisotopic (exact) mass is 356 g/mol. The zero-order chi connectivity index (χ0) is 16.9. The van der Waals surface area contributed by atoms with Crippen LogP contribution in [0.25, 0.3) is 0 Å². The van der Waals surface area contributed by atoms with E-state index in [1.807, 2.05) is 0 Å². The molecule has 0 heterocycles. The second-order valence-electron chi connectivity index (χ2n) is 4.21. The average molecular weight is 356 g/mol. The largest absolute Gasteiger partial charge is 0.381 e. The first kappa shape index (κ1) is 16.6. The van der Waals surface area contributed by atoms with Crippen LogP contribution in [0.2, 0.25) is 0 Å². The minimum Gasteiger partial charge on any atom is -0.217 e. The summed E-state index contributed by atoms with van der Waals surface area (Å²) >= 11 is -2.06. The second kappa shape index (κ2) is 3.59. The lowest BCUT2D eigenvalue weighted by Crippen LogP contribution is -2.83. The van der Waals surface area contributed by atoms with Gasteiger partial charge in [-0.2, -0.15) is 43.9 Å². The zero-order valence-corrected chi connectivity index (χ0v) is 9.76. The first-order valence-electron chi connectivity index (χ1n) is 4.68. The van der Waals surface area contributed by atoms with E-state index in [0.717, 1.165) is 0 Å². The molecule has 13 heteroatoms. The lowest BCUT2D eigenvalue weighted by Gasteiger charge is -2.54. The molecule has 1 saturated carbocycles. The van der Waals surface area contributed by atoms with Crippen molar-refractivity contribution < 1.29 is 52.7 Å². The first-order chi connectivity index (χ1) is 9.00. The third kappa shape index (κ3) is 1.35. The van der Waals surface area contributed by atoms with E-state index in [-0.39, 0.29) is 0 Å². The molecule has 0 saturated heterocycles. The van der Waals surface area contributed by atoms with Gasteiger partial charge in [0.25, 0.3) is 5.00 Å². The molecule has 0 radical (unpaired) electrons. The smallest absolute Gasteiger partial charge is 0.217 e. The van der Waals surface area contributed by atoms with Gasteiger partial charge in [-0.25, -0.2) is 8.78 Å². The molecule has 122 valence electrons. The van der Waals surface area contributed by atoms with Gasteiger partial charge in [-0.1, -0.05) is 11.8 Å². The normalized spacial score (nSPS) is 33.1. The van der Waals surface area contributed by atoms with Gasteiger partial charge in [0.05, 0.1) is 0 Å². The molecular weight excluding hydrogens is 356 g/mol. The quantitative estimate of drug-likeness (QED) is 0.643. The molecule has 0 bridgehead atoms. The van der Waals surface area contributed by atoms with E-state index >= 15 is 0 Å². The van der Waals surface area contributed by atoms with Crippen molar-refractivity contribution in [3.05, 3.63) is 10.7 Å². The maximum atomic E-state index is 13.4. The first-order valence-corrected chi connectivity index (χ1v) is 5.49. The summed E-state index contributed by atoms with van der Waals surface area (Å²) in [6.07, 6.45) is 0. The average Bonchev–Trinajstić information content (AvgIpc) is 2.32. The number of rotatable bonds is 2. The van der Waals surface area contributed by atoms with Crippen LogP contribution in [-0.2, 0) is 0 Å². The molecule has 0 atom stereocenters.